The highest BCUT2D eigenvalue weighted by Gasteiger charge is 2.14. The monoisotopic (exact) mass is 406 g/mol. The number of aromatic nitrogens is 4. The van der Waals surface area contributed by atoms with Crippen LogP contribution in [0, 0.1) is 6.92 Å². The molecular weight excluding hydrogens is 384 g/mol. The highest BCUT2D eigenvalue weighted by molar-refractivity contribution is 7.98. The van der Waals surface area contributed by atoms with Crippen molar-refractivity contribution in [2.75, 3.05) is 0 Å². The van der Waals surface area contributed by atoms with Gasteiger partial charge in [-0.15, -0.1) is 5.10 Å². The summed E-state index contributed by atoms with van der Waals surface area (Å²) in [4.78, 5) is 12.1. The van der Waals surface area contributed by atoms with Gasteiger partial charge in [-0.2, -0.15) is 0 Å². The molecular formula is C22H22N4O2S. The standard InChI is InChI=1S/C22H22N4O2S/c1-14(2)18-11-19-17(10-21(27)28-20(19)9-15(18)3)13-29-22-23-24-25-26(22)12-16-7-5-4-6-8-16/h4-11,14H,12-13H2,1-3H3. The lowest BCUT2D eigenvalue weighted by atomic mass is 9.95. The zero-order valence-corrected chi connectivity index (χ0v) is 17.4. The predicted molar refractivity (Wildman–Crippen MR) is 114 cm³/mol. The fourth-order valence-electron chi connectivity index (χ4n) is 3.43. The quantitative estimate of drug-likeness (QED) is 0.345. The number of benzene rings is 2. The Morgan fingerprint density at radius 1 is 1.14 bits per heavy atom. The summed E-state index contributed by atoms with van der Waals surface area (Å²) in [6, 6.07) is 15.7. The summed E-state index contributed by atoms with van der Waals surface area (Å²) in [6.07, 6.45) is 0. The first-order valence-electron chi connectivity index (χ1n) is 9.51. The van der Waals surface area contributed by atoms with Gasteiger partial charge in [-0.05, 0) is 57.7 Å². The van der Waals surface area contributed by atoms with Gasteiger partial charge in [-0.1, -0.05) is 55.9 Å². The smallest absolute Gasteiger partial charge is 0.336 e. The van der Waals surface area contributed by atoms with E-state index in [2.05, 4.69) is 35.4 Å². The van der Waals surface area contributed by atoms with Gasteiger partial charge in [0.2, 0.25) is 5.16 Å². The molecule has 2 aromatic heterocycles. The summed E-state index contributed by atoms with van der Waals surface area (Å²) in [5.41, 5.74) is 4.73. The molecule has 4 rings (SSSR count). The van der Waals surface area contributed by atoms with Gasteiger partial charge in [0.25, 0.3) is 0 Å². The molecule has 29 heavy (non-hydrogen) atoms. The fourth-order valence-corrected chi connectivity index (χ4v) is 4.30. The van der Waals surface area contributed by atoms with Gasteiger partial charge in [-0.3, -0.25) is 0 Å². The van der Waals surface area contributed by atoms with Crippen LogP contribution in [0.5, 0.6) is 0 Å². The molecule has 0 saturated heterocycles. The number of aryl methyl sites for hydroxylation is 1. The lowest BCUT2D eigenvalue weighted by molar-refractivity contribution is 0.559. The van der Waals surface area contributed by atoms with Crippen molar-refractivity contribution in [3.8, 4) is 0 Å². The van der Waals surface area contributed by atoms with Crippen LogP contribution in [0.4, 0.5) is 0 Å². The molecule has 148 valence electrons. The number of hydrogen-bond donors (Lipinski definition) is 0. The molecule has 0 bridgehead atoms. The SMILES string of the molecule is Cc1cc2oc(=O)cc(CSc3nnnn3Cc3ccccc3)c2cc1C(C)C. The Balaban J connectivity index is 1.63. The van der Waals surface area contributed by atoms with Crippen LogP contribution in [0.25, 0.3) is 11.0 Å². The van der Waals surface area contributed by atoms with Crippen molar-refractivity contribution >= 4 is 22.7 Å². The average molecular weight is 407 g/mol. The van der Waals surface area contributed by atoms with E-state index < -0.39 is 0 Å². The predicted octanol–water partition coefficient (Wildman–Crippen LogP) is 4.55. The van der Waals surface area contributed by atoms with Crippen molar-refractivity contribution in [1.29, 1.82) is 0 Å². The second-order valence-corrected chi connectivity index (χ2v) is 8.29. The Hall–Kier alpha value is -2.93. The van der Waals surface area contributed by atoms with Gasteiger partial charge < -0.3 is 4.42 Å². The van der Waals surface area contributed by atoms with E-state index in [1.807, 2.05) is 43.3 Å². The Morgan fingerprint density at radius 3 is 2.69 bits per heavy atom. The molecule has 6 nitrogen and oxygen atoms in total. The van der Waals surface area contributed by atoms with E-state index in [0.29, 0.717) is 29.0 Å². The van der Waals surface area contributed by atoms with E-state index in [9.17, 15) is 4.79 Å². The summed E-state index contributed by atoms with van der Waals surface area (Å²) in [6.45, 7) is 6.98. The Morgan fingerprint density at radius 2 is 1.93 bits per heavy atom. The minimum Gasteiger partial charge on any atom is -0.423 e. The van der Waals surface area contributed by atoms with Gasteiger partial charge in [-0.25, -0.2) is 9.48 Å². The average Bonchev–Trinajstić information content (AvgIpc) is 3.13. The van der Waals surface area contributed by atoms with Crippen molar-refractivity contribution in [1.82, 2.24) is 20.2 Å². The number of thioether (sulfide) groups is 1. The molecule has 0 N–H and O–H groups in total. The van der Waals surface area contributed by atoms with E-state index in [0.717, 1.165) is 22.1 Å². The molecule has 0 radical (unpaired) electrons. The van der Waals surface area contributed by atoms with Crippen LogP contribution in [0.1, 0.15) is 42.0 Å². The van der Waals surface area contributed by atoms with Crippen molar-refractivity contribution in [2.24, 2.45) is 0 Å². The molecule has 0 amide bonds. The van der Waals surface area contributed by atoms with Crippen molar-refractivity contribution < 1.29 is 4.42 Å². The third-order valence-electron chi connectivity index (χ3n) is 4.87. The van der Waals surface area contributed by atoms with Crippen LogP contribution < -0.4 is 5.63 Å². The zero-order valence-electron chi connectivity index (χ0n) is 16.6. The lowest BCUT2D eigenvalue weighted by Crippen LogP contribution is -2.05. The largest absolute Gasteiger partial charge is 0.423 e. The number of tetrazole rings is 1. The Labute approximate surface area is 172 Å². The first-order valence-corrected chi connectivity index (χ1v) is 10.5. The summed E-state index contributed by atoms with van der Waals surface area (Å²) in [7, 11) is 0. The molecule has 2 aromatic carbocycles. The van der Waals surface area contributed by atoms with Crippen LogP contribution in [0.15, 0.2) is 62.9 Å². The van der Waals surface area contributed by atoms with Crippen molar-refractivity contribution in [3.63, 3.8) is 0 Å². The van der Waals surface area contributed by atoms with Crippen LogP contribution in [-0.2, 0) is 12.3 Å². The van der Waals surface area contributed by atoms with E-state index in [1.165, 1.54) is 17.3 Å². The van der Waals surface area contributed by atoms with Crippen LogP contribution in [0.3, 0.4) is 0 Å². The topological polar surface area (TPSA) is 73.8 Å². The number of rotatable bonds is 6. The number of hydrogen-bond acceptors (Lipinski definition) is 6. The second kappa shape index (κ2) is 8.21. The van der Waals surface area contributed by atoms with Crippen molar-refractivity contribution in [3.05, 3.63) is 81.2 Å². The van der Waals surface area contributed by atoms with E-state index in [4.69, 9.17) is 4.42 Å². The summed E-state index contributed by atoms with van der Waals surface area (Å²) < 4.78 is 7.22. The highest BCUT2D eigenvalue weighted by atomic mass is 32.2. The van der Waals surface area contributed by atoms with E-state index in [-0.39, 0.29) is 5.63 Å². The van der Waals surface area contributed by atoms with Gasteiger partial charge in [0.1, 0.15) is 5.58 Å². The Bertz CT molecular complexity index is 1200. The number of nitrogens with zero attached hydrogens (tertiary/aromatic N) is 4. The summed E-state index contributed by atoms with van der Waals surface area (Å²) in [5, 5.41) is 13.8. The van der Waals surface area contributed by atoms with Gasteiger partial charge >= 0.3 is 5.63 Å². The molecule has 2 heterocycles. The third-order valence-corrected chi connectivity index (χ3v) is 5.88. The molecule has 4 aromatic rings. The van der Waals surface area contributed by atoms with E-state index >= 15 is 0 Å². The third kappa shape index (κ3) is 4.24. The maximum absolute atomic E-state index is 12.1. The first kappa shape index (κ1) is 19.4. The van der Waals surface area contributed by atoms with Crippen molar-refractivity contribution in [2.45, 2.75) is 44.1 Å². The first-order chi connectivity index (χ1) is 14.0. The molecule has 7 heteroatoms. The van der Waals surface area contributed by atoms with Crippen LogP contribution in [-0.4, -0.2) is 20.2 Å². The normalized spacial score (nSPS) is 11.4. The highest BCUT2D eigenvalue weighted by Crippen LogP contribution is 2.30. The minimum absolute atomic E-state index is 0.339. The summed E-state index contributed by atoms with van der Waals surface area (Å²) in [5.74, 6) is 0.975. The molecule has 0 fully saturated rings. The fraction of sp³-hybridized carbons (Fsp3) is 0.273. The van der Waals surface area contributed by atoms with Crippen LogP contribution in [0.2, 0.25) is 0 Å². The minimum atomic E-state index is -0.339. The molecule has 0 aliphatic heterocycles. The molecule has 0 atom stereocenters. The van der Waals surface area contributed by atoms with Gasteiger partial charge in [0.05, 0.1) is 6.54 Å². The Kier molecular flexibility index (Phi) is 5.49. The second-order valence-electron chi connectivity index (χ2n) is 7.34. The van der Waals surface area contributed by atoms with Crippen LogP contribution >= 0.6 is 11.8 Å². The molecule has 0 saturated carbocycles. The molecule has 0 aliphatic rings. The maximum Gasteiger partial charge on any atom is 0.336 e. The lowest BCUT2D eigenvalue weighted by Gasteiger charge is -2.13. The zero-order chi connectivity index (χ0) is 20.4. The van der Waals surface area contributed by atoms with Gasteiger partial charge in [0, 0.05) is 17.2 Å². The maximum atomic E-state index is 12.1. The summed E-state index contributed by atoms with van der Waals surface area (Å²) >= 11 is 1.51. The molecule has 0 spiro atoms. The number of fused-ring (bicyclic) bond motifs is 1. The molecule has 0 aliphatic carbocycles. The van der Waals surface area contributed by atoms with Gasteiger partial charge in [0.15, 0.2) is 0 Å². The van der Waals surface area contributed by atoms with E-state index in [1.54, 1.807) is 10.7 Å². The molecule has 0 unspecified atom stereocenters.